The number of pyridine rings is 1. The highest BCUT2D eigenvalue weighted by Gasteiger charge is 2.52. The first-order valence-electron chi connectivity index (χ1n) is 6.46. The maximum Gasteiger partial charge on any atom is 0.496 e. The van der Waals surface area contributed by atoms with Gasteiger partial charge < -0.3 is 9.31 Å². The summed E-state index contributed by atoms with van der Waals surface area (Å²) in [5.74, 6) is 0. The molecule has 3 heterocycles. The van der Waals surface area contributed by atoms with E-state index in [1.807, 2.05) is 40.8 Å². The number of rotatable bonds is 1. The largest absolute Gasteiger partial charge is 0.496 e. The van der Waals surface area contributed by atoms with Crippen LogP contribution >= 0.6 is 12.4 Å². The molecule has 0 spiro atoms. The number of H-pyrrole nitrogens is 1. The highest BCUT2D eigenvalue weighted by atomic mass is 35.5. The molecule has 0 radical (unpaired) electrons. The number of aryl methyl sites for hydroxylation is 1. The number of hydrogen-bond donors (Lipinski definition) is 1. The molecule has 0 unspecified atom stereocenters. The number of nitrogens with one attached hydrogen (secondary N) is 1. The third kappa shape index (κ3) is 2.12. The molecular weight excluding hydrogens is 276 g/mol. The summed E-state index contributed by atoms with van der Waals surface area (Å²) in [5, 5.41) is 6.99. The van der Waals surface area contributed by atoms with Crippen LogP contribution in [0.1, 0.15) is 33.3 Å². The summed E-state index contributed by atoms with van der Waals surface area (Å²) in [6.45, 7) is 10.2. The van der Waals surface area contributed by atoms with E-state index < -0.39 is 0 Å². The molecule has 1 N–H and O–H groups in total. The van der Waals surface area contributed by atoms with Crippen LogP contribution < -0.4 is 5.46 Å². The molecule has 2 aromatic rings. The topological polar surface area (TPSA) is 60.0 Å². The third-order valence-corrected chi connectivity index (χ3v) is 4.28. The second-order valence-corrected chi connectivity index (χ2v) is 6.06. The van der Waals surface area contributed by atoms with Gasteiger partial charge in [0.05, 0.1) is 22.9 Å². The van der Waals surface area contributed by atoms with E-state index in [0.29, 0.717) is 0 Å². The molecule has 0 atom stereocenters. The van der Waals surface area contributed by atoms with E-state index in [0.717, 1.165) is 22.1 Å². The van der Waals surface area contributed by atoms with Gasteiger partial charge >= 0.3 is 7.12 Å². The van der Waals surface area contributed by atoms with E-state index in [-0.39, 0.29) is 30.7 Å². The van der Waals surface area contributed by atoms with Crippen molar-refractivity contribution < 1.29 is 9.31 Å². The second kappa shape index (κ2) is 4.72. The first-order chi connectivity index (χ1) is 8.82. The Bertz CT molecular complexity index is 626. The standard InChI is InChI=1S/C13H18BN3O2.ClH/c1-8-9(6-15-10-7-16-17-11(8)10)14-18-12(2,3)13(4,5)19-14;/h6-7H,1-5H3,(H,16,17);1H. The Hall–Kier alpha value is -1.11. The van der Waals surface area contributed by atoms with Crippen molar-refractivity contribution in [2.75, 3.05) is 0 Å². The minimum atomic E-state index is -0.384. The predicted molar refractivity (Wildman–Crippen MR) is 81.6 cm³/mol. The maximum absolute atomic E-state index is 6.06. The third-order valence-electron chi connectivity index (χ3n) is 4.28. The van der Waals surface area contributed by atoms with E-state index in [1.165, 1.54) is 0 Å². The smallest absolute Gasteiger partial charge is 0.399 e. The molecule has 7 heteroatoms. The van der Waals surface area contributed by atoms with Gasteiger partial charge in [0.1, 0.15) is 5.52 Å². The van der Waals surface area contributed by atoms with Crippen LogP contribution in [-0.2, 0) is 9.31 Å². The molecule has 1 aliphatic rings. The van der Waals surface area contributed by atoms with Crippen LogP contribution in [0.25, 0.3) is 11.0 Å². The van der Waals surface area contributed by atoms with E-state index in [1.54, 1.807) is 6.20 Å². The average Bonchev–Trinajstić information content (AvgIpc) is 2.83. The Morgan fingerprint density at radius 2 is 1.70 bits per heavy atom. The maximum atomic E-state index is 6.06. The van der Waals surface area contributed by atoms with E-state index in [2.05, 4.69) is 15.2 Å². The van der Waals surface area contributed by atoms with Crippen molar-refractivity contribution in [1.29, 1.82) is 0 Å². The quantitative estimate of drug-likeness (QED) is 0.817. The fourth-order valence-corrected chi connectivity index (χ4v) is 2.24. The van der Waals surface area contributed by atoms with Crippen LogP contribution in [0.5, 0.6) is 0 Å². The van der Waals surface area contributed by atoms with Crippen LogP contribution in [-0.4, -0.2) is 33.5 Å². The number of aromatic amines is 1. The molecular formula is C13H19BClN3O2. The van der Waals surface area contributed by atoms with Gasteiger partial charge in [-0.15, -0.1) is 12.4 Å². The van der Waals surface area contributed by atoms with Gasteiger partial charge in [0.15, 0.2) is 0 Å². The molecule has 2 aromatic heterocycles. The van der Waals surface area contributed by atoms with Crippen LogP contribution in [0.3, 0.4) is 0 Å². The monoisotopic (exact) mass is 295 g/mol. The van der Waals surface area contributed by atoms with Crippen LogP contribution in [0.2, 0.25) is 0 Å². The Morgan fingerprint density at radius 3 is 2.30 bits per heavy atom. The Kier molecular flexibility index (Phi) is 3.61. The minimum absolute atomic E-state index is 0. The zero-order valence-corrected chi connectivity index (χ0v) is 13.2. The normalized spacial score (nSPS) is 20.1. The highest BCUT2D eigenvalue weighted by molar-refractivity contribution is 6.62. The molecule has 108 valence electrons. The summed E-state index contributed by atoms with van der Waals surface area (Å²) < 4.78 is 12.1. The van der Waals surface area contributed by atoms with Gasteiger partial charge in [0.25, 0.3) is 0 Å². The summed E-state index contributed by atoms with van der Waals surface area (Å²) in [7, 11) is -0.384. The van der Waals surface area contributed by atoms with Crippen molar-refractivity contribution in [2.45, 2.75) is 45.8 Å². The molecule has 20 heavy (non-hydrogen) atoms. The lowest BCUT2D eigenvalue weighted by Gasteiger charge is -2.32. The molecule has 3 rings (SSSR count). The summed E-state index contributed by atoms with van der Waals surface area (Å²) in [5.41, 5.74) is 3.14. The van der Waals surface area contributed by atoms with Gasteiger partial charge in [-0.25, -0.2) is 0 Å². The highest BCUT2D eigenvalue weighted by Crippen LogP contribution is 2.36. The van der Waals surface area contributed by atoms with Crippen molar-refractivity contribution in [3.8, 4) is 0 Å². The van der Waals surface area contributed by atoms with Crippen LogP contribution in [0.4, 0.5) is 0 Å². The van der Waals surface area contributed by atoms with Gasteiger partial charge in [-0.05, 0) is 40.2 Å². The number of halogens is 1. The lowest BCUT2D eigenvalue weighted by molar-refractivity contribution is 0.00578. The number of aromatic nitrogens is 3. The first-order valence-corrected chi connectivity index (χ1v) is 6.46. The Labute approximate surface area is 125 Å². The summed E-state index contributed by atoms with van der Waals surface area (Å²) in [4.78, 5) is 4.39. The van der Waals surface area contributed by atoms with Crippen molar-refractivity contribution in [2.24, 2.45) is 0 Å². The number of fused-ring (bicyclic) bond motifs is 1. The Balaban J connectivity index is 0.00000147. The number of nitrogens with zero attached hydrogens (tertiary/aromatic N) is 2. The summed E-state index contributed by atoms with van der Waals surface area (Å²) in [6.07, 6.45) is 3.53. The van der Waals surface area contributed by atoms with Gasteiger partial charge in [-0.1, -0.05) is 0 Å². The Morgan fingerprint density at radius 1 is 1.10 bits per heavy atom. The first kappa shape index (κ1) is 15.3. The fraction of sp³-hybridized carbons (Fsp3) is 0.538. The van der Waals surface area contributed by atoms with E-state index >= 15 is 0 Å². The minimum Gasteiger partial charge on any atom is -0.399 e. The SMILES string of the molecule is Cc1c(B2OC(C)(C)C(C)(C)O2)cnc2cn[nH]c12.Cl. The molecule has 0 aliphatic carbocycles. The van der Waals surface area contributed by atoms with Crippen LogP contribution in [0.15, 0.2) is 12.4 Å². The van der Waals surface area contributed by atoms with E-state index in [9.17, 15) is 0 Å². The average molecular weight is 296 g/mol. The fourth-order valence-electron chi connectivity index (χ4n) is 2.24. The molecule has 5 nitrogen and oxygen atoms in total. The van der Waals surface area contributed by atoms with Crippen molar-refractivity contribution in [3.05, 3.63) is 18.0 Å². The zero-order valence-electron chi connectivity index (χ0n) is 12.4. The molecule has 0 saturated carbocycles. The molecule has 1 fully saturated rings. The van der Waals surface area contributed by atoms with E-state index in [4.69, 9.17) is 9.31 Å². The summed E-state index contributed by atoms with van der Waals surface area (Å²) >= 11 is 0. The van der Waals surface area contributed by atoms with Gasteiger partial charge in [0.2, 0.25) is 0 Å². The van der Waals surface area contributed by atoms with Crippen molar-refractivity contribution in [3.63, 3.8) is 0 Å². The van der Waals surface area contributed by atoms with Crippen molar-refractivity contribution >= 4 is 36.0 Å². The zero-order chi connectivity index (χ0) is 13.8. The van der Waals surface area contributed by atoms with Gasteiger partial charge in [-0.2, -0.15) is 5.10 Å². The number of hydrogen-bond acceptors (Lipinski definition) is 4. The van der Waals surface area contributed by atoms with Crippen molar-refractivity contribution in [1.82, 2.24) is 15.2 Å². The predicted octanol–water partition coefficient (Wildman–Crippen LogP) is 1.99. The van der Waals surface area contributed by atoms with Gasteiger partial charge in [-0.3, -0.25) is 10.1 Å². The summed E-state index contributed by atoms with van der Waals surface area (Å²) in [6, 6.07) is 0. The van der Waals surface area contributed by atoms with Gasteiger partial charge in [0, 0.05) is 11.7 Å². The molecule has 0 amide bonds. The molecule has 1 aliphatic heterocycles. The molecule has 0 aromatic carbocycles. The van der Waals surface area contributed by atoms with Crippen LogP contribution in [0, 0.1) is 6.92 Å². The lowest BCUT2D eigenvalue weighted by Crippen LogP contribution is -2.41. The molecule has 1 saturated heterocycles. The lowest BCUT2D eigenvalue weighted by atomic mass is 9.77. The molecule has 0 bridgehead atoms. The second-order valence-electron chi connectivity index (χ2n) is 6.06.